The minimum absolute atomic E-state index is 0.0775. The molecule has 0 aliphatic carbocycles. The van der Waals surface area contributed by atoms with Crippen molar-refractivity contribution < 1.29 is 0 Å². The topological polar surface area (TPSA) is 94.3 Å². The van der Waals surface area contributed by atoms with Gasteiger partial charge in [0.25, 0.3) is 0 Å². The number of tetrazole rings is 1. The number of aromatic amines is 1. The molecule has 0 saturated heterocycles. The highest BCUT2D eigenvalue weighted by atomic mass is 16.2. The van der Waals surface area contributed by atoms with Crippen LogP contribution < -0.4 is 5.69 Å². The molecule has 2 aromatic heterocycles. The minimum Gasteiger partial charge on any atom is -0.271 e. The Hall–Kier alpha value is -3.81. The molecule has 0 saturated carbocycles. The van der Waals surface area contributed by atoms with Gasteiger partial charge >= 0.3 is 5.69 Å². The molecule has 0 bridgehead atoms. The first-order valence-electron chi connectivity index (χ1n) is 10.8. The fourth-order valence-corrected chi connectivity index (χ4v) is 3.52. The zero-order chi connectivity index (χ0) is 22.5. The Morgan fingerprint density at radius 2 is 1.84 bits per heavy atom. The zero-order valence-electron chi connectivity index (χ0n) is 18.6. The van der Waals surface area contributed by atoms with Crippen molar-refractivity contribution in [3.8, 4) is 22.5 Å². The Kier molecular flexibility index (Phi) is 6.39. The normalized spacial score (nSPS) is 11.6. The number of hydrogen-bond donors (Lipinski definition) is 1. The predicted molar refractivity (Wildman–Crippen MR) is 125 cm³/mol. The molecule has 0 aliphatic rings. The second-order valence-corrected chi connectivity index (χ2v) is 8.13. The third kappa shape index (κ3) is 4.74. The standard InChI is InChI=1S/C24H27N7O/c1-4-5-9-22-27-31(15-17(2)3)24(32)30(22)16-18-10-12-19(13-11-18)20-7-6-8-21(14-20)23-25-28-29-26-23/h5-14,17H,4,15-16H2,1-3H3,(H,25,26,28,29). The van der Waals surface area contributed by atoms with Crippen molar-refractivity contribution in [3.05, 3.63) is 76.5 Å². The first-order chi connectivity index (χ1) is 15.5. The van der Waals surface area contributed by atoms with Gasteiger partial charge in [-0.05, 0) is 46.4 Å². The van der Waals surface area contributed by atoms with Crippen LogP contribution in [-0.2, 0) is 13.1 Å². The lowest BCUT2D eigenvalue weighted by atomic mass is 10.0. The predicted octanol–water partition coefficient (Wildman–Crippen LogP) is 4.02. The lowest BCUT2D eigenvalue weighted by Crippen LogP contribution is -2.27. The van der Waals surface area contributed by atoms with E-state index in [-0.39, 0.29) is 5.69 Å². The lowest BCUT2D eigenvalue weighted by Gasteiger charge is -2.07. The highest BCUT2D eigenvalue weighted by molar-refractivity contribution is 5.70. The third-order valence-corrected chi connectivity index (χ3v) is 5.09. The summed E-state index contributed by atoms with van der Waals surface area (Å²) >= 11 is 0. The van der Waals surface area contributed by atoms with E-state index in [0.717, 1.165) is 28.7 Å². The van der Waals surface area contributed by atoms with Crippen molar-refractivity contribution in [3.63, 3.8) is 0 Å². The average molecular weight is 430 g/mol. The molecule has 8 nitrogen and oxygen atoms in total. The number of aromatic nitrogens is 7. The molecule has 1 N–H and O–H groups in total. The number of hydrogen-bond acceptors (Lipinski definition) is 5. The first kappa shape index (κ1) is 21.4. The van der Waals surface area contributed by atoms with Gasteiger partial charge in [0.15, 0.2) is 5.82 Å². The number of H-pyrrole nitrogens is 1. The van der Waals surface area contributed by atoms with Crippen LogP contribution in [0.2, 0.25) is 0 Å². The minimum atomic E-state index is -0.0775. The maximum atomic E-state index is 12.9. The summed E-state index contributed by atoms with van der Waals surface area (Å²) in [6.45, 7) is 7.31. The maximum absolute atomic E-state index is 12.9. The van der Waals surface area contributed by atoms with Crippen LogP contribution in [0.1, 0.15) is 38.6 Å². The van der Waals surface area contributed by atoms with E-state index < -0.39 is 0 Å². The molecule has 0 fully saturated rings. The van der Waals surface area contributed by atoms with E-state index >= 15 is 0 Å². The first-order valence-corrected chi connectivity index (χ1v) is 10.8. The number of rotatable bonds is 8. The molecule has 0 radical (unpaired) electrons. The SMILES string of the molecule is CCC=Cc1nn(CC(C)C)c(=O)n1Cc1ccc(-c2cccc(-c3nn[nH]n3)c2)cc1. The number of nitrogens with zero attached hydrogens (tertiary/aromatic N) is 6. The monoisotopic (exact) mass is 429 g/mol. The van der Waals surface area contributed by atoms with Crippen LogP contribution in [0.5, 0.6) is 0 Å². The van der Waals surface area contributed by atoms with E-state index in [0.29, 0.717) is 30.7 Å². The smallest absolute Gasteiger partial charge is 0.271 e. The molecule has 8 heteroatoms. The van der Waals surface area contributed by atoms with E-state index in [4.69, 9.17) is 0 Å². The van der Waals surface area contributed by atoms with Crippen molar-refractivity contribution in [1.29, 1.82) is 0 Å². The number of benzene rings is 2. The molecule has 2 aromatic carbocycles. The van der Waals surface area contributed by atoms with Gasteiger partial charge < -0.3 is 0 Å². The van der Waals surface area contributed by atoms with Gasteiger partial charge in [-0.25, -0.2) is 9.48 Å². The Bertz CT molecular complexity index is 1250. The fraction of sp³-hybridized carbons (Fsp3) is 0.292. The highest BCUT2D eigenvalue weighted by Gasteiger charge is 2.13. The quantitative estimate of drug-likeness (QED) is 0.456. The van der Waals surface area contributed by atoms with Crippen molar-refractivity contribution in [2.24, 2.45) is 5.92 Å². The van der Waals surface area contributed by atoms with Gasteiger partial charge in [0, 0.05) is 12.1 Å². The van der Waals surface area contributed by atoms with Gasteiger partial charge in [0.1, 0.15) is 0 Å². The molecule has 164 valence electrons. The van der Waals surface area contributed by atoms with E-state index in [9.17, 15) is 4.79 Å². The van der Waals surface area contributed by atoms with Crippen LogP contribution in [-0.4, -0.2) is 35.0 Å². The van der Waals surface area contributed by atoms with E-state index in [1.54, 1.807) is 9.25 Å². The zero-order valence-corrected chi connectivity index (χ0v) is 18.6. The summed E-state index contributed by atoms with van der Waals surface area (Å²) in [5.41, 5.74) is 4.00. The van der Waals surface area contributed by atoms with E-state index in [1.807, 2.05) is 36.4 Å². The molecule has 0 spiro atoms. The molecule has 4 aromatic rings. The Morgan fingerprint density at radius 1 is 1.06 bits per heavy atom. The summed E-state index contributed by atoms with van der Waals surface area (Å²) in [4.78, 5) is 12.9. The van der Waals surface area contributed by atoms with Crippen molar-refractivity contribution in [2.75, 3.05) is 0 Å². The van der Waals surface area contributed by atoms with Crippen LogP contribution >= 0.6 is 0 Å². The largest absolute Gasteiger partial charge is 0.346 e. The molecular weight excluding hydrogens is 402 g/mol. The second-order valence-electron chi connectivity index (χ2n) is 8.13. The molecule has 0 atom stereocenters. The van der Waals surface area contributed by atoms with Gasteiger partial charge in [0.05, 0.1) is 6.54 Å². The molecular formula is C24H27N7O. The summed E-state index contributed by atoms with van der Waals surface area (Å²) in [6, 6.07) is 16.2. The van der Waals surface area contributed by atoms with Gasteiger partial charge in [-0.15, -0.1) is 10.2 Å². The third-order valence-electron chi connectivity index (χ3n) is 5.09. The Labute approximate surface area is 186 Å². The van der Waals surface area contributed by atoms with E-state index in [2.05, 4.69) is 70.8 Å². The van der Waals surface area contributed by atoms with Crippen LogP contribution in [0.3, 0.4) is 0 Å². The second kappa shape index (κ2) is 9.55. The molecule has 2 heterocycles. The number of allylic oxidation sites excluding steroid dienone is 1. The Balaban J connectivity index is 1.59. The van der Waals surface area contributed by atoms with Crippen LogP contribution in [0.4, 0.5) is 0 Å². The fourth-order valence-electron chi connectivity index (χ4n) is 3.52. The van der Waals surface area contributed by atoms with Crippen molar-refractivity contribution >= 4 is 6.08 Å². The van der Waals surface area contributed by atoms with Gasteiger partial charge in [-0.2, -0.15) is 10.3 Å². The van der Waals surface area contributed by atoms with Crippen molar-refractivity contribution in [1.82, 2.24) is 35.0 Å². The summed E-state index contributed by atoms with van der Waals surface area (Å²) < 4.78 is 3.30. The van der Waals surface area contributed by atoms with Gasteiger partial charge in [-0.1, -0.05) is 69.3 Å². The molecule has 4 rings (SSSR count). The summed E-state index contributed by atoms with van der Waals surface area (Å²) in [5.74, 6) is 1.60. The summed E-state index contributed by atoms with van der Waals surface area (Å²) in [6.07, 6.45) is 4.84. The molecule has 0 unspecified atom stereocenters. The van der Waals surface area contributed by atoms with Gasteiger partial charge in [-0.3, -0.25) is 4.57 Å². The van der Waals surface area contributed by atoms with Gasteiger partial charge in [0.2, 0.25) is 5.82 Å². The summed E-state index contributed by atoms with van der Waals surface area (Å²) in [7, 11) is 0. The maximum Gasteiger partial charge on any atom is 0.346 e. The number of nitrogens with one attached hydrogen (secondary N) is 1. The van der Waals surface area contributed by atoms with Crippen molar-refractivity contribution in [2.45, 2.75) is 40.3 Å². The molecule has 0 aliphatic heterocycles. The molecule has 32 heavy (non-hydrogen) atoms. The van der Waals surface area contributed by atoms with Crippen LogP contribution in [0.15, 0.2) is 59.4 Å². The van der Waals surface area contributed by atoms with E-state index in [1.165, 1.54) is 0 Å². The molecule has 0 amide bonds. The van der Waals surface area contributed by atoms with Crippen LogP contribution in [0, 0.1) is 5.92 Å². The Morgan fingerprint density at radius 3 is 2.53 bits per heavy atom. The summed E-state index contributed by atoms with van der Waals surface area (Å²) in [5, 5.41) is 18.7. The van der Waals surface area contributed by atoms with Crippen LogP contribution in [0.25, 0.3) is 28.6 Å². The lowest BCUT2D eigenvalue weighted by molar-refractivity contribution is 0.466. The highest BCUT2D eigenvalue weighted by Crippen LogP contribution is 2.24. The average Bonchev–Trinajstić information content (AvgIpc) is 3.43.